The molecule has 1 amide bonds. The second-order valence-corrected chi connectivity index (χ2v) is 6.30. The zero-order valence-corrected chi connectivity index (χ0v) is 13.3. The highest BCUT2D eigenvalue weighted by molar-refractivity contribution is 7.17. The predicted octanol–water partition coefficient (Wildman–Crippen LogP) is 4.24. The van der Waals surface area contributed by atoms with Gasteiger partial charge in [0.15, 0.2) is 6.10 Å². The highest BCUT2D eigenvalue weighted by Crippen LogP contribution is 2.22. The minimum Gasteiger partial charge on any atom is -0.448 e. The maximum absolute atomic E-state index is 11.9. The summed E-state index contributed by atoms with van der Waals surface area (Å²) in [5.74, 6) is -1.00. The number of hydrogen-bond donors (Lipinski definition) is 1. The van der Waals surface area contributed by atoms with Gasteiger partial charge in [-0.1, -0.05) is 23.2 Å². The van der Waals surface area contributed by atoms with Crippen molar-refractivity contribution in [2.24, 2.45) is 0 Å². The lowest BCUT2D eigenvalue weighted by molar-refractivity contribution is -0.123. The molecule has 1 heterocycles. The molecule has 0 saturated heterocycles. The van der Waals surface area contributed by atoms with E-state index in [1.54, 1.807) is 36.4 Å². The number of esters is 1. The van der Waals surface area contributed by atoms with Crippen LogP contribution in [0.15, 0.2) is 36.4 Å². The van der Waals surface area contributed by atoms with Crippen molar-refractivity contribution in [2.45, 2.75) is 13.0 Å². The molecule has 0 fully saturated rings. The van der Waals surface area contributed by atoms with E-state index in [-0.39, 0.29) is 0 Å². The van der Waals surface area contributed by atoms with E-state index in [4.69, 9.17) is 27.9 Å². The lowest BCUT2D eigenvalue weighted by Crippen LogP contribution is -2.29. The first kappa shape index (κ1) is 15.8. The molecular formula is C14H11Cl2NO3S. The minimum atomic E-state index is -0.922. The van der Waals surface area contributed by atoms with Gasteiger partial charge in [0, 0.05) is 10.7 Å². The molecule has 0 aliphatic carbocycles. The van der Waals surface area contributed by atoms with Gasteiger partial charge in [0.25, 0.3) is 5.91 Å². The van der Waals surface area contributed by atoms with E-state index in [0.29, 0.717) is 19.9 Å². The number of nitrogens with one attached hydrogen (secondary N) is 1. The van der Waals surface area contributed by atoms with E-state index in [0.717, 1.165) is 11.3 Å². The summed E-state index contributed by atoms with van der Waals surface area (Å²) in [4.78, 5) is 24.1. The fourth-order valence-electron chi connectivity index (χ4n) is 1.47. The topological polar surface area (TPSA) is 55.4 Å². The molecule has 0 aliphatic heterocycles. The van der Waals surface area contributed by atoms with Gasteiger partial charge in [-0.15, -0.1) is 11.3 Å². The number of thiophene rings is 1. The zero-order valence-electron chi connectivity index (χ0n) is 10.9. The van der Waals surface area contributed by atoms with Crippen molar-refractivity contribution in [3.63, 3.8) is 0 Å². The van der Waals surface area contributed by atoms with Gasteiger partial charge in [-0.25, -0.2) is 4.79 Å². The second-order valence-electron chi connectivity index (χ2n) is 4.15. The monoisotopic (exact) mass is 343 g/mol. The molecule has 2 aromatic rings. The largest absolute Gasteiger partial charge is 0.448 e. The summed E-state index contributed by atoms with van der Waals surface area (Å²) in [5.41, 5.74) is 0.575. The molecule has 0 aliphatic rings. The van der Waals surface area contributed by atoms with Crippen LogP contribution in [0.2, 0.25) is 9.36 Å². The number of rotatable bonds is 4. The molecule has 4 nitrogen and oxygen atoms in total. The number of ether oxygens (including phenoxy) is 1. The van der Waals surface area contributed by atoms with Gasteiger partial charge in [0.05, 0.1) is 4.34 Å². The number of anilines is 1. The van der Waals surface area contributed by atoms with Crippen LogP contribution in [0.5, 0.6) is 0 Å². The first-order valence-electron chi connectivity index (χ1n) is 5.98. The Morgan fingerprint density at radius 3 is 2.38 bits per heavy atom. The fraction of sp³-hybridized carbons (Fsp3) is 0.143. The molecule has 2 rings (SSSR count). The van der Waals surface area contributed by atoms with Gasteiger partial charge in [-0.3, -0.25) is 4.79 Å². The molecule has 0 saturated carbocycles. The summed E-state index contributed by atoms with van der Waals surface area (Å²) in [6, 6.07) is 9.78. The standard InChI is InChI=1S/C14H11Cl2NO3S/c1-8(20-14(19)11-6-7-12(16)21-11)13(18)17-10-4-2-9(15)3-5-10/h2-8H,1H3,(H,17,18)/t8-/m0/s1. The number of amides is 1. The van der Waals surface area contributed by atoms with Crippen molar-refractivity contribution in [1.82, 2.24) is 0 Å². The van der Waals surface area contributed by atoms with Crippen LogP contribution in [0.4, 0.5) is 5.69 Å². The van der Waals surface area contributed by atoms with Crippen molar-refractivity contribution < 1.29 is 14.3 Å². The molecule has 0 spiro atoms. The molecule has 1 aromatic heterocycles. The van der Waals surface area contributed by atoms with Crippen LogP contribution in [0.1, 0.15) is 16.6 Å². The van der Waals surface area contributed by atoms with Crippen LogP contribution < -0.4 is 5.32 Å². The summed E-state index contributed by atoms with van der Waals surface area (Å²) in [7, 11) is 0. The number of halogens is 2. The summed E-state index contributed by atoms with van der Waals surface area (Å²) >= 11 is 12.6. The summed E-state index contributed by atoms with van der Waals surface area (Å²) in [6.07, 6.45) is -0.922. The van der Waals surface area contributed by atoms with Crippen LogP contribution in [0, 0.1) is 0 Å². The van der Waals surface area contributed by atoms with E-state index in [9.17, 15) is 9.59 Å². The zero-order chi connectivity index (χ0) is 15.4. The molecule has 7 heteroatoms. The van der Waals surface area contributed by atoms with E-state index < -0.39 is 18.0 Å². The van der Waals surface area contributed by atoms with E-state index >= 15 is 0 Å². The van der Waals surface area contributed by atoms with Crippen molar-refractivity contribution in [1.29, 1.82) is 0 Å². The first-order chi connectivity index (χ1) is 9.95. The van der Waals surface area contributed by atoms with Crippen LogP contribution >= 0.6 is 34.5 Å². The molecule has 1 N–H and O–H groups in total. The highest BCUT2D eigenvalue weighted by atomic mass is 35.5. The molecular weight excluding hydrogens is 333 g/mol. The van der Waals surface area contributed by atoms with Crippen LogP contribution in [-0.4, -0.2) is 18.0 Å². The Hall–Kier alpha value is -1.56. The third kappa shape index (κ3) is 4.46. The Morgan fingerprint density at radius 2 is 1.81 bits per heavy atom. The van der Waals surface area contributed by atoms with Crippen molar-refractivity contribution in [2.75, 3.05) is 5.32 Å². The maximum atomic E-state index is 11.9. The summed E-state index contributed by atoms with van der Waals surface area (Å²) < 4.78 is 5.57. The van der Waals surface area contributed by atoms with E-state index in [1.807, 2.05) is 0 Å². The van der Waals surface area contributed by atoms with Crippen molar-refractivity contribution in [3.8, 4) is 0 Å². The van der Waals surface area contributed by atoms with E-state index in [2.05, 4.69) is 5.32 Å². The lowest BCUT2D eigenvalue weighted by Gasteiger charge is -2.13. The Bertz CT molecular complexity index is 654. The Morgan fingerprint density at radius 1 is 1.14 bits per heavy atom. The van der Waals surface area contributed by atoms with Gasteiger partial charge < -0.3 is 10.1 Å². The third-order valence-corrected chi connectivity index (χ3v) is 4.00. The van der Waals surface area contributed by atoms with Gasteiger partial charge in [-0.2, -0.15) is 0 Å². The molecule has 0 bridgehead atoms. The highest BCUT2D eigenvalue weighted by Gasteiger charge is 2.20. The Kier molecular flexibility index (Phi) is 5.22. The number of carbonyl (C=O) groups is 2. The summed E-state index contributed by atoms with van der Waals surface area (Å²) in [6.45, 7) is 1.50. The SMILES string of the molecule is C[C@H](OC(=O)c1ccc(Cl)s1)C(=O)Nc1ccc(Cl)cc1. The minimum absolute atomic E-state index is 0.353. The third-order valence-electron chi connectivity index (χ3n) is 2.54. The van der Waals surface area contributed by atoms with Crippen LogP contribution in [0.25, 0.3) is 0 Å². The first-order valence-corrected chi connectivity index (χ1v) is 7.55. The molecule has 1 aromatic carbocycles. The van der Waals surface area contributed by atoms with Crippen molar-refractivity contribution in [3.05, 3.63) is 50.6 Å². The second kappa shape index (κ2) is 6.93. The van der Waals surface area contributed by atoms with Gasteiger partial charge in [-0.05, 0) is 43.3 Å². The molecule has 0 radical (unpaired) electrons. The lowest BCUT2D eigenvalue weighted by atomic mass is 10.3. The van der Waals surface area contributed by atoms with Gasteiger partial charge >= 0.3 is 5.97 Å². The van der Waals surface area contributed by atoms with Gasteiger partial charge in [0.1, 0.15) is 4.88 Å². The quantitative estimate of drug-likeness (QED) is 0.844. The number of hydrogen-bond acceptors (Lipinski definition) is 4. The smallest absolute Gasteiger partial charge is 0.349 e. The molecule has 1 atom stereocenters. The normalized spacial score (nSPS) is 11.8. The Balaban J connectivity index is 1.93. The average Bonchev–Trinajstić information content (AvgIpc) is 2.88. The Labute approximate surface area is 135 Å². The number of benzene rings is 1. The van der Waals surface area contributed by atoms with Crippen LogP contribution in [0.3, 0.4) is 0 Å². The average molecular weight is 344 g/mol. The fourth-order valence-corrected chi connectivity index (χ4v) is 2.53. The van der Waals surface area contributed by atoms with E-state index in [1.165, 1.54) is 6.92 Å². The van der Waals surface area contributed by atoms with Crippen LogP contribution in [-0.2, 0) is 9.53 Å². The summed E-state index contributed by atoms with van der Waals surface area (Å²) in [5, 5.41) is 3.20. The number of carbonyl (C=O) groups excluding carboxylic acids is 2. The molecule has 110 valence electrons. The predicted molar refractivity (Wildman–Crippen MR) is 84.3 cm³/mol. The molecule has 0 unspecified atom stereocenters. The molecule has 21 heavy (non-hydrogen) atoms. The van der Waals surface area contributed by atoms with Crippen molar-refractivity contribution >= 4 is 52.1 Å². The maximum Gasteiger partial charge on any atom is 0.349 e. The van der Waals surface area contributed by atoms with Gasteiger partial charge in [0.2, 0.25) is 0 Å².